The molecule has 14 heavy (non-hydrogen) atoms. The van der Waals surface area contributed by atoms with Crippen LogP contribution in [0.15, 0.2) is 30.5 Å². The average molecular weight is 188 g/mol. The molecular weight excluding hydrogens is 179 g/mol. The summed E-state index contributed by atoms with van der Waals surface area (Å²) in [6.45, 7) is 0. The van der Waals surface area contributed by atoms with E-state index in [9.17, 15) is 0 Å². The number of nitrogen functional groups attached to an aromatic ring is 1. The Morgan fingerprint density at radius 3 is 2.64 bits per heavy atom. The lowest BCUT2D eigenvalue weighted by Gasteiger charge is -2.02. The molecule has 0 saturated heterocycles. The lowest BCUT2D eigenvalue weighted by molar-refractivity contribution is 0.426. The molecule has 70 valence electrons. The first-order valence-corrected chi connectivity index (χ1v) is 4.18. The van der Waals surface area contributed by atoms with Gasteiger partial charge in [-0.25, -0.2) is 4.98 Å². The highest BCUT2D eigenvalue weighted by atomic mass is 16.4. The smallest absolute Gasteiger partial charge is 0.423 e. The summed E-state index contributed by atoms with van der Waals surface area (Å²) in [4.78, 5) is 3.92. The standard InChI is InChI=1S/C9H9BN2O2/c11-9-4-6-1-2-8(10(13)14)3-7(6)5-12-9/h1-5,13-14H,(H2,11,12). The normalized spacial score (nSPS) is 10.4. The molecule has 0 aliphatic carbocycles. The van der Waals surface area contributed by atoms with E-state index in [0.717, 1.165) is 10.8 Å². The van der Waals surface area contributed by atoms with Crippen LogP contribution in [0.5, 0.6) is 0 Å². The van der Waals surface area contributed by atoms with Crippen LogP contribution in [0, 0.1) is 0 Å². The van der Waals surface area contributed by atoms with Gasteiger partial charge in [0.15, 0.2) is 0 Å². The van der Waals surface area contributed by atoms with Crippen LogP contribution in [0.25, 0.3) is 10.8 Å². The van der Waals surface area contributed by atoms with Gasteiger partial charge in [-0.1, -0.05) is 18.2 Å². The van der Waals surface area contributed by atoms with Crippen molar-refractivity contribution in [2.45, 2.75) is 0 Å². The van der Waals surface area contributed by atoms with Gasteiger partial charge in [0.2, 0.25) is 0 Å². The molecule has 0 atom stereocenters. The Morgan fingerprint density at radius 1 is 1.14 bits per heavy atom. The number of nitrogens with zero attached hydrogens (tertiary/aromatic N) is 1. The molecule has 2 rings (SSSR count). The summed E-state index contributed by atoms with van der Waals surface area (Å²) in [7, 11) is -1.45. The van der Waals surface area contributed by atoms with Gasteiger partial charge >= 0.3 is 7.12 Å². The van der Waals surface area contributed by atoms with Gasteiger partial charge in [-0.05, 0) is 22.3 Å². The molecule has 1 aromatic carbocycles. The highest BCUT2D eigenvalue weighted by molar-refractivity contribution is 6.58. The first kappa shape index (κ1) is 8.99. The summed E-state index contributed by atoms with van der Waals surface area (Å²) in [5.41, 5.74) is 5.96. The highest BCUT2D eigenvalue weighted by Crippen LogP contribution is 2.13. The number of nitrogens with two attached hydrogens (primary N) is 1. The molecule has 4 nitrogen and oxygen atoms in total. The number of pyridine rings is 1. The highest BCUT2D eigenvalue weighted by Gasteiger charge is 2.10. The Kier molecular flexibility index (Phi) is 2.11. The molecule has 0 aliphatic rings. The van der Waals surface area contributed by atoms with Crippen molar-refractivity contribution in [3.8, 4) is 0 Å². The van der Waals surface area contributed by atoms with Crippen LogP contribution in [-0.4, -0.2) is 22.2 Å². The van der Waals surface area contributed by atoms with E-state index in [1.165, 1.54) is 0 Å². The quantitative estimate of drug-likeness (QED) is 0.527. The van der Waals surface area contributed by atoms with Crippen LogP contribution in [0.4, 0.5) is 5.82 Å². The van der Waals surface area contributed by atoms with Crippen LogP contribution in [0.3, 0.4) is 0 Å². The SMILES string of the molecule is Nc1cc2ccc(B(O)O)cc2cn1. The van der Waals surface area contributed by atoms with E-state index in [0.29, 0.717) is 11.3 Å². The van der Waals surface area contributed by atoms with Crippen LogP contribution in [0.1, 0.15) is 0 Å². The zero-order valence-corrected chi connectivity index (χ0v) is 7.38. The van der Waals surface area contributed by atoms with Crippen molar-refractivity contribution in [3.05, 3.63) is 30.5 Å². The monoisotopic (exact) mass is 188 g/mol. The van der Waals surface area contributed by atoms with E-state index in [2.05, 4.69) is 4.98 Å². The average Bonchev–Trinajstić information content (AvgIpc) is 2.16. The Labute approximate surface area is 81.2 Å². The molecule has 5 heteroatoms. The van der Waals surface area contributed by atoms with Gasteiger partial charge in [0.25, 0.3) is 0 Å². The van der Waals surface area contributed by atoms with Crippen LogP contribution >= 0.6 is 0 Å². The number of benzene rings is 1. The second-order valence-electron chi connectivity index (χ2n) is 3.09. The summed E-state index contributed by atoms with van der Waals surface area (Å²) in [5, 5.41) is 19.7. The predicted octanol–water partition coefficient (Wildman–Crippen LogP) is -0.503. The minimum atomic E-state index is -1.45. The Morgan fingerprint density at radius 2 is 1.93 bits per heavy atom. The third kappa shape index (κ3) is 1.55. The molecular formula is C9H9BN2O2. The first-order chi connectivity index (χ1) is 6.66. The molecule has 0 saturated carbocycles. The minimum absolute atomic E-state index is 0.448. The third-order valence-corrected chi connectivity index (χ3v) is 2.07. The van der Waals surface area contributed by atoms with Gasteiger partial charge in [0.1, 0.15) is 5.82 Å². The Bertz CT molecular complexity index is 473. The molecule has 0 aliphatic heterocycles. The van der Waals surface area contributed by atoms with E-state index >= 15 is 0 Å². The molecule has 1 aromatic heterocycles. The van der Waals surface area contributed by atoms with Crippen LogP contribution < -0.4 is 11.2 Å². The van der Waals surface area contributed by atoms with Crippen molar-refractivity contribution in [1.82, 2.24) is 4.98 Å². The molecule has 0 amide bonds. The van der Waals surface area contributed by atoms with E-state index in [-0.39, 0.29) is 0 Å². The van der Waals surface area contributed by atoms with Gasteiger partial charge in [-0.2, -0.15) is 0 Å². The van der Waals surface area contributed by atoms with Crippen molar-refractivity contribution in [1.29, 1.82) is 0 Å². The first-order valence-electron chi connectivity index (χ1n) is 4.18. The maximum Gasteiger partial charge on any atom is 0.488 e. The van der Waals surface area contributed by atoms with Crippen molar-refractivity contribution in [2.24, 2.45) is 0 Å². The van der Waals surface area contributed by atoms with Crippen molar-refractivity contribution < 1.29 is 10.0 Å². The Balaban J connectivity index is 2.62. The van der Waals surface area contributed by atoms with Gasteiger partial charge in [0, 0.05) is 6.20 Å². The van der Waals surface area contributed by atoms with Gasteiger partial charge in [-0.15, -0.1) is 0 Å². The fraction of sp³-hybridized carbons (Fsp3) is 0. The van der Waals surface area contributed by atoms with Crippen molar-refractivity contribution in [3.63, 3.8) is 0 Å². The van der Waals surface area contributed by atoms with E-state index in [1.54, 1.807) is 30.5 Å². The zero-order chi connectivity index (χ0) is 10.1. The number of rotatable bonds is 1. The fourth-order valence-corrected chi connectivity index (χ4v) is 1.34. The molecule has 0 radical (unpaired) electrons. The topological polar surface area (TPSA) is 79.4 Å². The summed E-state index contributed by atoms with van der Waals surface area (Å²) in [5.74, 6) is 0.454. The number of fused-ring (bicyclic) bond motifs is 1. The van der Waals surface area contributed by atoms with Crippen LogP contribution in [0.2, 0.25) is 0 Å². The molecule has 0 fully saturated rings. The molecule has 0 bridgehead atoms. The third-order valence-electron chi connectivity index (χ3n) is 2.07. The second kappa shape index (κ2) is 3.28. The van der Waals surface area contributed by atoms with Crippen molar-refractivity contribution in [2.75, 3.05) is 5.73 Å². The minimum Gasteiger partial charge on any atom is -0.423 e. The molecule has 0 spiro atoms. The lowest BCUT2D eigenvalue weighted by Crippen LogP contribution is -2.29. The largest absolute Gasteiger partial charge is 0.488 e. The fourth-order valence-electron chi connectivity index (χ4n) is 1.34. The summed E-state index contributed by atoms with van der Waals surface area (Å²) in [6, 6.07) is 6.84. The van der Waals surface area contributed by atoms with Gasteiger partial charge in [0.05, 0.1) is 0 Å². The second-order valence-corrected chi connectivity index (χ2v) is 3.09. The predicted molar refractivity (Wildman–Crippen MR) is 56.0 cm³/mol. The maximum absolute atomic E-state index is 8.95. The molecule has 0 unspecified atom stereocenters. The molecule has 4 N–H and O–H groups in total. The lowest BCUT2D eigenvalue weighted by atomic mass is 9.79. The number of anilines is 1. The molecule has 1 heterocycles. The van der Waals surface area contributed by atoms with E-state index < -0.39 is 7.12 Å². The molecule has 2 aromatic rings. The van der Waals surface area contributed by atoms with Crippen molar-refractivity contribution >= 4 is 29.2 Å². The maximum atomic E-state index is 8.95. The van der Waals surface area contributed by atoms with Gasteiger partial charge < -0.3 is 15.8 Å². The van der Waals surface area contributed by atoms with E-state index in [1.807, 2.05) is 0 Å². The zero-order valence-electron chi connectivity index (χ0n) is 7.38. The van der Waals surface area contributed by atoms with Crippen LogP contribution in [-0.2, 0) is 0 Å². The summed E-state index contributed by atoms with van der Waals surface area (Å²) < 4.78 is 0. The van der Waals surface area contributed by atoms with Gasteiger partial charge in [-0.3, -0.25) is 0 Å². The summed E-state index contributed by atoms with van der Waals surface area (Å²) in [6.07, 6.45) is 1.61. The Hall–Kier alpha value is -1.59. The summed E-state index contributed by atoms with van der Waals surface area (Å²) >= 11 is 0. The number of hydrogen-bond acceptors (Lipinski definition) is 4. The number of aromatic nitrogens is 1. The number of hydrogen-bond donors (Lipinski definition) is 3. The van der Waals surface area contributed by atoms with E-state index in [4.69, 9.17) is 15.8 Å².